The zero-order chi connectivity index (χ0) is 23.0. The lowest BCUT2D eigenvalue weighted by molar-refractivity contribution is 0.0496. The van der Waals surface area contributed by atoms with Crippen molar-refractivity contribution in [1.82, 2.24) is 9.97 Å². The van der Waals surface area contributed by atoms with Gasteiger partial charge in [-0.3, -0.25) is 4.98 Å². The van der Waals surface area contributed by atoms with Crippen LogP contribution in [-0.2, 0) is 11.3 Å². The number of nitrogens with zero attached hydrogens (tertiary/aromatic N) is 2. The molecule has 3 aromatic rings. The Labute approximate surface area is 194 Å². The molecule has 0 spiro atoms. The Morgan fingerprint density at radius 2 is 1.85 bits per heavy atom. The molecule has 176 valence electrons. The Morgan fingerprint density at radius 1 is 1.06 bits per heavy atom. The van der Waals surface area contributed by atoms with Gasteiger partial charge in [-0.1, -0.05) is 13.3 Å². The van der Waals surface area contributed by atoms with Crippen molar-refractivity contribution in [1.29, 1.82) is 0 Å². The van der Waals surface area contributed by atoms with Crippen LogP contribution in [0.15, 0.2) is 36.7 Å². The van der Waals surface area contributed by atoms with E-state index in [9.17, 15) is 4.39 Å². The van der Waals surface area contributed by atoms with Gasteiger partial charge in [-0.05, 0) is 50.3 Å². The van der Waals surface area contributed by atoms with Gasteiger partial charge >= 0.3 is 0 Å². The minimum absolute atomic E-state index is 0.244. The van der Waals surface area contributed by atoms with E-state index in [0.717, 1.165) is 50.2 Å². The Morgan fingerprint density at radius 3 is 2.64 bits per heavy atom. The average Bonchev–Trinajstić information content (AvgIpc) is 2.84. The van der Waals surface area contributed by atoms with Gasteiger partial charge in [-0.15, -0.1) is 0 Å². The number of pyridine rings is 2. The molecule has 0 amide bonds. The number of fused-ring (bicyclic) bond motifs is 1. The van der Waals surface area contributed by atoms with Gasteiger partial charge in [0.1, 0.15) is 29.7 Å². The third-order valence-corrected chi connectivity index (χ3v) is 5.87. The third kappa shape index (κ3) is 6.11. The van der Waals surface area contributed by atoms with Crippen LogP contribution in [-0.4, -0.2) is 36.4 Å². The number of hydrogen-bond donors (Lipinski definition) is 0. The van der Waals surface area contributed by atoms with Crippen LogP contribution in [0.5, 0.6) is 17.2 Å². The highest BCUT2D eigenvalue weighted by Crippen LogP contribution is 2.32. The molecule has 0 aliphatic carbocycles. The summed E-state index contributed by atoms with van der Waals surface area (Å²) in [6.45, 7) is 7.10. The van der Waals surface area contributed by atoms with E-state index in [4.69, 9.17) is 23.9 Å². The molecule has 1 fully saturated rings. The predicted octanol–water partition coefficient (Wildman–Crippen LogP) is 5.64. The lowest BCUT2D eigenvalue weighted by atomic mass is 10.0. The first-order valence-electron chi connectivity index (χ1n) is 11.6. The minimum Gasteiger partial charge on any atom is -0.493 e. The summed E-state index contributed by atoms with van der Waals surface area (Å²) in [5.41, 5.74) is 2.27. The molecule has 1 saturated heterocycles. The van der Waals surface area contributed by atoms with Gasteiger partial charge in [0.25, 0.3) is 0 Å². The van der Waals surface area contributed by atoms with Crippen molar-refractivity contribution in [3.63, 3.8) is 0 Å². The van der Waals surface area contributed by atoms with E-state index in [0.29, 0.717) is 47.3 Å². The molecule has 6 nitrogen and oxygen atoms in total. The number of benzene rings is 1. The fourth-order valence-corrected chi connectivity index (χ4v) is 3.83. The molecule has 0 bridgehead atoms. The summed E-state index contributed by atoms with van der Waals surface area (Å²) >= 11 is 0. The van der Waals surface area contributed by atoms with Gasteiger partial charge in [0.2, 0.25) is 0 Å². The summed E-state index contributed by atoms with van der Waals surface area (Å²) in [5, 5.41) is 0.678. The predicted molar refractivity (Wildman–Crippen MR) is 124 cm³/mol. The Hall–Kier alpha value is -2.93. The lowest BCUT2D eigenvalue weighted by Crippen LogP contribution is -2.21. The van der Waals surface area contributed by atoms with Crippen LogP contribution in [0.2, 0.25) is 0 Å². The number of ether oxygens (including phenoxy) is 4. The third-order valence-electron chi connectivity index (χ3n) is 5.87. The Balaban J connectivity index is 1.47. The molecule has 0 N–H and O–H groups in total. The molecule has 1 aliphatic heterocycles. The van der Waals surface area contributed by atoms with Gasteiger partial charge in [-0.25, -0.2) is 9.37 Å². The molecule has 0 unspecified atom stereocenters. The van der Waals surface area contributed by atoms with Gasteiger partial charge < -0.3 is 18.9 Å². The Kier molecular flexibility index (Phi) is 7.94. The van der Waals surface area contributed by atoms with Crippen molar-refractivity contribution in [2.75, 3.05) is 26.4 Å². The smallest absolute Gasteiger partial charge is 0.141 e. The van der Waals surface area contributed by atoms with E-state index >= 15 is 0 Å². The van der Waals surface area contributed by atoms with E-state index in [1.165, 1.54) is 12.1 Å². The summed E-state index contributed by atoms with van der Waals surface area (Å²) in [7, 11) is 0. The molecule has 0 atom stereocenters. The van der Waals surface area contributed by atoms with Crippen molar-refractivity contribution in [2.45, 2.75) is 46.1 Å². The molecule has 0 saturated carbocycles. The van der Waals surface area contributed by atoms with Crippen molar-refractivity contribution >= 4 is 10.9 Å². The highest BCUT2D eigenvalue weighted by Gasteiger charge is 2.16. The maximum absolute atomic E-state index is 13.9. The second kappa shape index (κ2) is 11.3. The molecular formula is C26H31FN2O4. The van der Waals surface area contributed by atoms with E-state index in [1.54, 1.807) is 18.5 Å². The number of rotatable bonds is 10. The molecule has 33 heavy (non-hydrogen) atoms. The Bertz CT molecular complexity index is 1070. The van der Waals surface area contributed by atoms with Crippen molar-refractivity contribution in [3.05, 3.63) is 53.7 Å². The van der Waals surface area contributed by atoms with Crippen LogP contribution >= 0.6 is 0 Å². The molecule has 3 heterocycles. The van der Waals surface area contributed by atoms with E-state index in [1.807, 2.05) is 13.0 Å². The van der Waals surface area contributed by atoms with Crippen molar-refractivity contribution < 1.29 is 23.3 Å². The van der Waals surface area contributed by atoms with Gasteiger partial charge in [0, 0.05) is 30.2 Å². The summed E-state index contributed by atoms with van der Waals surface area (Å²) in [4.78, 5) is 8.95. The molecule has 7 heteroatoms. The number of halogens is 1. The highest BCUT2D eigenvalue weighted by atomic mass is 19.1. The maximum atomic E-state index is 13.9. The number of unbranched alkanes of at least 4 members (excludes halogenated alkanes) is 1. The maximum Gasteiger partial charge on any atom is 0.141 e. The average molecular weight is 455 g/mol. The van der Waals surface area contributed by atoms with E-state index in [-0.39, 0.29) is 12.4 Å². The highest BCUT2D eigenvalue weighted by molar-refractivity contribution is 5.86. The fraction of sp³-hybridized carbons (Fsp3) is 0.462. The second-order valence-corrected chi connectivity index (χ2v) is 8.39. The SMILES string of the molecule is CCCCOc1c(C)c(COc2cncc(OCC3CCOCC3)c2)nc2ccc(F)cc12. The minimum atomic E-state index is -0.309. The zero-order valence-corrected chi connectivity index (χ0v) is 19.3. The molecule has 1 aliphatic rings. The van der Waals surface area contributed by atoms with Crippen LogP contribution in [0.1, 0.15) is 43.9 Å². The largest absolute Gasteiger partial charge is 0.493 e. The number of hydrogen-bond acceptors (Lipinski definition) is 6. The molecule has 4 rings (SSSR count). The van der Waals surface area contributed by atoms with Crippen LogP contribution in [0.25, 0.3) is 10.9 Å². The van der Waals surface area contributed by atoms with Crippen LogP contribution < -0.4 is 14.2 Å². The first-order valence-corrected chi connectivity index (χ1v) is 11.6. The van der Waals surface area contributed by atoms with E-state index < -0.39 is 0 Å². The summed E-state index contributed by atoms with van der Waals surface area (Å²) < 4.78 is 37.3. The number of aromatic nitrogens is 2. The summed E-state index contributed by atoms with van der Waals surface area (Å²) in [6.07, 6.45) is 7.33. The van der Waals surface area contributed by atoms with Gasteiger partial charge in [0.15, 0.2) is 0 Å². The van der Waals surface area contributed by atoms with Crippen molar-refractivity contribution in [3.8, 4) is 17.2 Å². The first kappa shape index (κ1) is 23.2. The normalized spacial score (nSPS) is 14.4. The quantitative estimate of drug-likeness (QED) is 0.370. The topological polar surface area (TPSA) is 62.7 Å². The summed E-state index contributed by atoms with van der Waals surface area (Å²) in [5.74, 6) is 2.15. The van der Waals surface area contributed by atoms with Crippen LogP contribution in [0, 0.1) is 18.7 Å². The van der Waals surface area contributed by atoms with Crippen molar-refractivity contribution in [2.24, 2.45) is 5.92 Å². The molecular weight excluding hydrogens is 423 g/mol. The molecule has 0 radical (unpaired) electrons. The van der Waals surface area contributed by atoms with E-state index in [2.05, 4.69) is 11.9 Å². The first-order chi connectivity index (χ1) is 16.1. The molecule has 2 aromatic heterocycles. The van der Waals surface area contributed by atoms with Gasteiger partial charge in [0.05, 0.1) is 36.8 Å². The fourth-order valence-electron chi connectivity index (χ4n) is 3.83. The van der Waals surface area contributed by atoms with Gasteiger partial charge in [-0.2, -0.15) is 0 Å². The second-order valence-electron chi connectivity index (χ2n) is 8.39. The van der Waals surface area contributed by atoms with Crippen LogP contribution in [0.3, 0.4) is 0 Å². The van der Waals surface area contributed by atoms with Crippen LogP contribution in [0.4, 0.5) is 4.39 Å². The summed E-state index contributed by atoms with van der Waals surface area (Å²) in [6, 6.07) is 6.40. The standard InChI is InChI=1S/C26H31FN2O4/c1-3-4-9-31-26-18(2)25(29-24-6-5-20(27)12-23(24)26)17-33-22-13-21(14-28-15-22)32-16-19-7-10-30-11-8-19/h5-6,12-15,19H,3-4,7-11,16-17H2,1-2H3. The molecule has 1 aromatic carbocycles. The lowest BCUT2D eigenvalue weighted by Gasteiger charge is -2.22. The monoisotopic (exact) mass is 454 g/mol. The zero-order valence-electron chi connectivity index (χ0n) is 19.3.